The number of nitrogens with zero attached hydrogens (tertiary/aromatic N) is 3. The molecule has 0 aliphatic heterocycles. The molecule has 0 bridgehead atoms. The van der Waals surface area contributed by atoms with Gasteiger partial charge in [0.25, 0.3) is 0 Å². The summed E-state index contributed by atoms with van der Waals surface area (Å²) >= 11 is 1.46. The van der Waals surface area contributed by atoms with E-state index in [2.05, 4.69) is 10.2 Å². The van der Waals surface area contributed by atoms with Crippen LogP contribution in [0.15, 0.2) is 53.7 Å². The number of amides is 1. The molecule has 134 valence electrons. The van der Waals surface area contributed by atoms with Crippen molar-refractivity contribution in [3.63, 3.8) is 0 Å². The van der Waals surface area contributed by atoms with Crippen LogP contribution in [-0.2, 0) is 4.79 Å². The van der Waals surface area contributed by atoms with Crippen LogP contribution in [0.3, 0.4) is 0 Å². The number of benzene rings is 2. The number of ether oxygens (including phenoxy) is 1. The van der Waals surface area contributed by atoms with Crippen LogP contribution in [0.1, 0.15) is 12.0 Å². The molecule has 0 saturated carbocycles. The molecule has 3 aromatic rings. The van der Waals surface area contributed by atoms with Gasteiger partial charge < -0.3 is 10.5 Å². The highest BCUT2D eigenvalue weighted by Crippen LogP contribution is 2.29. The molecule has 0 fully saturated rings. The summed E-state index contributed by atoms with van der Waals surface area (Å²) in [6.45, 7) is 2.04. The lowest BCUT2D eigenvalue weighted by Gasteiger charge is -2.11. The van der Waals surface area contributed by atoms with Crippen molar-refractivity contribution in [1.82, 2.24) is 14.8 Å². The zero-order valence-electron chi connectivity index (χ0n) is 14.7. The molecule has 0 aliphatic rings. The van der Waals surface area contributed by atoms with Crippen molar-refractivity contribution < 1.29 is 9.53 Å². The van der Waals surface area contributed by atoms with Gasteiger partial charge in [0.1, 0.15) is 5.75 Å². The van der Waals surface area contributed by atoms with E-state index in [4.69, 9.17) is 10.5 Å². The molecule has 0 radical (unpaired) electrons. The normalized spacial score (nSPS) is 10.7. The molecule has 2 aromatic carbocycles. The third kappa shape index (κ3) is 4.05. The molecular weight excluding hydrogens is 348 g/mol. The SMILES string of the molecule is COc1ccc(-c2nnc(SCCC(N)=O)n2-c2ccc(C)cc2)cc1. The van der Waals surface area contributed by atoms with E-state index < -0.39 is 0 Å². The van der Waals surface area contributed by atoms with Gasteiger partial charge >= 0.3 is 0 Å². The lowest BCUT2D eigenvalue weighted by atomic mass is 10.2. The second-order valence-electron chi connectivity index (χ2n) is 5.77. The number of rotatable bonds is 7. The Morgan fingerprint density at radius 3 is 2.42 bits per heavy atom. The highest BCUT2D eigenvalue weighted by atomic mass is 32.2. The van der Waals surface area contributed by atoms with Gasteiger partial charge in [-0.25, -0.2) is 0 Å². The summed E-state index contributed by atoms with van der Waals surface area (Å²) in [6, 6.07) is 15.8. The Balaban J connectivity index is 2.01. The number of hydrogen-bond donors (Lipinski definition) is 1. The average Bonchev–Trinajstić information content (AvgIpc) is 3.06. The van der Waals surface area contributed by atoms with E-state index in [1.807, 2.05) is 60.0 Å². The Hall–Kier alpha value is -2.80. The van der Waals surface area contributed by atoms with Gasteiger partial charge in [0.15, 0.2) is 11.0 Å². The maximum Gasteiger partial charge on any atom is 0.218 e. The van der Waals surface area contributed by atoms with Crippen LogP contribution in [0.2, 0.25) is 0 Å². The smallest absolute Gasteiger partial charge is 0.218 e. The zero-order chi connectivity index (χ0) is 18.5. The van der Waals surface area contributed by atoms with Crippen molar-refractivity contribution in [1.29, 1.82) is 0 Å². The average molecular weight is 368 g/mol. The molecule has 1 heterocycles. The molecule has 0 unspecified atom stereocenters. The summed E-state index contributed by atoms with van der Waals surface area (Å²) in [7, 11) is 1.64. The first-order chi connectivity index (χ1) is 12.6. The number of hydrogen-bond acceptors (Lipinski definition) is 5. The predicted molar refractivity (Wildman–Crippen MR) is 103 cm³/mol. The molecule has 6 nitrogen and oxygen atoms in total. The number of methoxy groups -OCH3 is 1. The number of primary amides is 1. The fourth-order valence-electron chi connectivity index (χ4n) is 2.46. The van der Waals surface area contributed by atoms with Gasteiger partial charge in [-0.15, -0.1) is 10.2 Å². The van der Waals surface area contributed by atoms with Crippen LogP contribution in [-0.4, -0.2) is 33.5 Å². The summed E-state index contributed by atoms with van der Waals surface area (Å²) < 4.78 is 7.22. The highest BCUT2D eigenvalue weighted by molar-refractivity contribution is 7.99. The Kier molecular flexibility index (Phi) is 5.58. The summed E-state index contributed by atoms with van der Waals surface area (Å²) in [5, 5.41) is 9.42. The van der Waals surface area contributed by atoms with Crippen molar-refractivity contribution in [2.45, 2.75) is 18.5 Å². The predicted octanol–water partition coefficient (Wildman–Crippen LogP) is 3.22. The number of thioether (sulfide) groups is 1. The molecule has 7 heteroatoms. The van der Waals surface area contributed by atoms with Crippen LogP contribution in [0, 0.1) is 6.92 Å². The van der Waals surface area contributed by atoms with Crippen molar-refractivity contribution >= 4 is 17.7 Å². The minimum absolute atomic E-state index is 0.295. The third-order valence-electron chi connectivity index (χ3n) is 3.85. The highest BCUT2D eigenvalue weighted by Gasteiger charge is 2.16. The van der Waals surface area contributed by atoms with Crippen molar-refractivity contribution in [2.24, 2.45) is 5.73 Å². The van der Waals surface area contributed by atoms with Crippen molar-refractivity contribution in [2.75, 3.05) is 12.9 Å². The van der Waals surface area contributed by atoms with Gasteiger partial charge in [0.05, 0.1) is 7.11 Å². The second kappa shape index (κ2) is 8.05. The van der Waals surface area contributed by atoms with Gasteiger partial charge in [-0.2, -0.15) is 0 Å². The zero-order valence-corrected chi connectivity index (χ0v) is 15.5. The summed E-state index contributed by atoms with van der Waals surface area (Å²) in [5.41, 5.74) is 8.31. The number of carbonyl (C=O) groups is 1. The van der Waals surface area contributed by atoms with Crippen LogP contribution in [0.5, 0.6) is 5.75 Å². The number of nitrogens with two attached hydrogens (primary N) is 1. The molecule has 1 amide bonds. The van der Waals surface area contributed by atoms with Gasteiger partial charge in [-0.1, -0.05) is 29.5 Å². The van der Waals surface area contributed by atoms with E-state index in [0.29, 0.717) is 12.2 Å². The van der Waals surface area contributed by atoms with E-state index in [1.54, 1.807) is 7.11 Å². The van der Waals surface area contributed by atoms with Gasteiger partial charge in [0.2, 0.25) is 5.91 Å². The molecule has 2 N–H and O–H groups in total. The van der Waals surface area contributed by atoms with E-state index >= 15 is 0 Å². The van der Waals surface area contributed by atoms with Gasteiger partial charge in [-0.05, 0) is 43.3 Å². The first-order valence-electron chi connectivity index (χ1n) is 8.16. The van der Waals surface area contributed by atoms with Crippen LogP contribution in [0.25, 0.3) is 17.1 Å². The maximum absolute atomic E-state index is 11.0. The molecule has 0 aliphatic carbocycles. The topological polar surface area (TPSA) is 83.0 Å². The first kappa shape index (κ1) is 18.0. The third-order valence-corrected chi connectivity index (χ3v) is 4.78. The largest absolute Gasteiger partial charge is 0.497 e. The minimum atomic E-state index is -0.325. The van der Waals surface area contributed by atoms with Crippen LogP contribution >= 0.6 is 11.8 Å². The van der Waals surface area contributed by atoms with Gasteiger partial charge in [-0.3, -0.25) is 9.36 Å². The number of carbonyl (C=O) groups excluding carboxylic acids is 1. The Labute approximate surface area is 156 Å². The van der Waals surface area contributed by atoms with E-state index in [1.165, 1.54) is 17.3 Å². The van der Waals surface area contributed by atoms with E-state index in [-0.39, 0.29) is 5.91 Å². The van der Waals surface area contributed by atoms with Crippen molar-refractivity contribution in [3.8, 4) is 22.8 Å². The standard InChI is InChI=1S/C19H20N4O2S/c1-13-3-7-15(8-4-13)23-18(14-5-9-16(25-2)10-6-14)21-22-19(23)26-12-11-17(20)24/h3-10H,11-12H2,1-2H3,(H2,20,24). The summed E-state index contributed by atoms with van der Waals surface area (Å²) in [4.78, 5) is 11.0. The maximum atomic E-state index is 11.0. The lowest BCUT2D eigenvalue weighted by Crippen LogP contribution is -2.11. The molecule has 0 spiro atoms. The van der Waals surface area contributed by atoms with E-state index in [0.717, 1.165) is 28.0 Å². The number of aryl methyl sites for hydroxylation is 1. The fraction of sp³-hybridized carbons (Fsp3) is 0.211. The molecule has 0 saturated heterocycles. The van der Waals surface area contributed by atoms with Crippen LogP contribution in [0.4, 0.5) is 0 Å². The van der Waals surface area contributed by atoms with Crippen LogP contribution < -0.4 is 10.5 Å². The first-order valence-corrected chi connectivity index (χ1v) is 9.15. The van der Waals surface area contributed by atoms with Gasteiger partial charge in [0, 0.05) is 23.4 Å². The Bertz CT molecular complexity index is 889. The monoisotopic (exact) mass is 368 g/mol. The molecule has 1 aromatic heterocycles. The van der Waals surface area contributed by atoms with Crippen molar-refractivity contribution in [3.05, 3.63) is 54.1 Å². The summed E-state index contributed by atoms with van der Waals surface area (Å²) in [5.74, 6) is 1.75. The lowest BCUT2D eigenvalue weighted by molar-refractivity contribution is -0.117. The van der Waals surface area contributed by atoms with E-state index in [9.17, 15) is 4.79 Å². The minimum Gasteiger partial charge on any atom is -0.497 e. The Morgan fingerprint density at radius 1 is 1.12 bits per heavy atom. The summed E-state index contributed by atoms with van der Waals surface area (Å²) in [6.07, 6.45) is 0.295. The fourth-order valence-corrected chi connectivity index (χ4v) is 3.37. The number of aromatic nitrogens is 3. The molecule has 3 rings (SSSR count). The molecule has 0 atom stereocenters. The molecule has 26 heavy (non-hydrogen) atoms. The quantitative estimate of drug-likeness (QED) is 0.648. The Morgan fingerprint density at radius 2 is 1.81 bits per heavy atom. The second-order valence-corrected chi connectivity index (χ2v) is 6.83. The molecular formula is C19H20N4O2S.